The lowest BCUT2D eigenvalue weighted by molar-refractivity contribution is 0.102. The highest BCUT2D eigenvalue weighted by Gasteiger charge is 2.15. The lowest BCUT2D eigenvalue weighted by atomic mass is 10.1. The number of hydrogen-bond acceptors (Lipinski definition) is 5. The molecule has 1 fully saturated rings. The van der Waals surface area contributed by atoms with Crippen LogP contribution >= 0.6 is 0 Å². The molecular weight excluding hydrogens is 366 g/mol. The number of rotatable bonds is 5. The molecule has 0 radical (unpaired) electrons. The molecule has 1 heterocycles. The van der Waals surface area contributed by atoms with Gasteiger partial charge in [0.15, 0.2) is 0 Å². The van der Waals surface area contributed by atoms with Gasteiger partial charge in [-0.1, -0.05) is 6.07 Å². The Kier molecular flexibility index (Phi) is 5.67. The van der Waals surface area contributed by atoms with Gasteiger partial charge in [-0.3, -0.25) is 9.52 Å². The zero-order valence-electron chi connectivity index (χ0n) is 15.4. The van der Waals surface area contributed by atoms with Crippen LogP contribution in [0, 0.1) is 6.92 Å². The first-order valence-corrected chi connectivity index (χ1v) is 10.5. The highest BCUT2D eigenvalue weighted by molar-refractivity contribution is 7.92. The second-order valence-electron chi connectivity index (χ2n) is 6.45. The SMILES string of the molecule is Cc1c(NS(C)(=O)=O)cccc1C(=O)Nc1ccc(N2CCOCC2)cc1. The van der Waals surface area contributed by atoms with E-state index in [1.807, 2.05) is 24.3 Å². The van der Waals surface area contributed by atoms with Crippen LogP contribution in [-0.4, -0.2) is 46.9 Å². The van der Waals surface area contributed by atoms with Crippen LogP contribution in [-0.2, 0) is 14.8 Å². The van der Waals surface area contributed by atoms with Crippen LogP contribution in [0.1, 0.15) is 15.9 Å². The molecule has 1 amide bonds. The van der Waals surface area contributed by atoms with Crippen LogP contribution in [0.15, 0.2) is 42.5 Å². The predicted octanol–water partition coefficient (Wildman–Crippen LogP) is 2.46. The third kappa shape index (κ3) is 4.99. The van der Waals surface area contributed by atoms with Crippen molar-refractivity contribution in [2.45, 2.75) is 6.92 Å². The summed E-state index contributed by atoms with van der Waals surface area (Å²) in [4.78, 5) is 14.9. The van der Waals surface area contributed by atoms with E-state index >= 15 is 0 Å². The molecule has 0 unspecified atom stereocenters. The van der Waals surface area contributed by atoms with Gasteiger partial charge >= 0.3 is 0 Å². The maximum Gasteiger partial charge on any atom is 0.256 e. The molecule has 2 aromatic carbocycles. The summed E-state index contributed by atoms with van der Waals surface area (Å²) in [7, 11) is -3.41. The third-order valence-electron chi connectivity index (χ3n) is 4.38. The van der Waals surface area contributed by atoms with E-state index in [9.17, 15) is 13.2 Å². The van der Waals surface area contributed by atoms with Crippen molar-refractivity contribution in [3.63, 3.8) is 0 Å². The summed E-state index contributed by atoms with van der Waals surface area (Å²) in [6.07, 6.45) is 1.08. The molecule has 7 nitrogen and oxygen atoms in total. The highest BCUT2D eigenvalue weighted by atomic mass is 32.2. The van der Waals surface area contributed by atoms with Crippen molar-refractivity contribution >= 4 is 33.0 Å². The molecule has 3 rings (SSSR count). The zero-order chi connectivity index (χ0) is 19.4. The number of carbonyl (C=O) groups is 1. The summed E-state index contributed by atoms with van der Waals surface area (Å²) in [6.45, 7) is 4.85. The maximum atomic E-state index is 12.6. The topological polar surface area (TPSA) is 87.7 Å². The van der Waals surface area contributed by atoms with Crippen molar-refractivity contribution in [3.8, 4) is 0 Å². The summed E-state index contributed by atoms with van der Waals surface area (Å²) in [6, 6.07) is 12.6. The van der Waals surface area contributed by atoms with Gasteiger partial charge in [-0.15, -0.1) is 0 Å². The molecule has 1 saturated heterocycles. The third-order valence-corrected chi connectivity index (χ3v) is 4.97. The molecule has 0 aliphatic carbocycles. The fourth-order valence-corrected chi connectivity index (χ4v) is 3.59. The lowest BCUT2D eigenvalue weighted by Crippen LogP contribution is -2.36. The Labute approximate surface area is 159 Å². The number of benzene rings is 2. The van der Waals surface area contributed by atoms with E-state index in [4.69, 9.17) is 4.74 Å². The second kappa shape index (κ2) is 7.98. The van der Waals surface area contributed by atoms with Crippen LogP contribution < -0.4 is 14.9 Å². The van der Waals surface area contributed by atoms with E-state index in [0.29, 0.717) is 22.5 Å². The Morgan fingerprint density at radius 2 is 1.74 bits per heavy atom. The van der Waals surface area contributed by atoms with Gasteiger partial charge < -0.3 is 15.0 Å². The number of nitrogens with zero attached hydrogens (tertiary/aromatic N) is 1. The first kappa shape index (κ1) is 19.2. The Hall–Kier alpha value is -2.58. The molecule has 0 bridgehead atoms. The number of hydrogen-bond donors (Lipinski definition) is 2. The molecule has 1 aliphatic rings. The van der Waals surface area contributed by atoms with Crippen molar-refractivity contribution in [2.24, 2.45) is 0 Å². The summed E-state index contributed by atoms with van der Waals surface area (Å²) in [5.74, 6) is -0.288. The largest absolute Gasteiger partial charge is 0.378 e. The Bertz CT molecular complexity index is 920. The van der Waals surface area contributed by atoms with E-state index in [2.05, 4.69) is 14.9 Å². The first-order valence-electron chi connectivity index (χ1n) is 8.65. The van der Waals surface area contributed by atoms with Crippen molar-refractivity contribution in [1.82, 2.24) is 0 Å². The molecule has 0 spiro atoms. The maximum absolute atomic E-state index is 12.6. The highest BCUT2D eigenvalue weighted by Crippen LogP contribution is 2.23. The van der Waals surface area contributed by atoms with Crippen molar-refractivity contribution in [1.29, 1.82) is 0 Å². The average molecular weight is 389 g/mol. The van der Waals surface area contributed by atoms with Crippen LogP contribution in [0.5, 0.6) is 0 Å². The Morgan fingerprint density at radius 3 is 2.37 bits per heavy atom. The summed E-state index contributed by atoms with van der Waals surface area (Å²) in [5, 5.41) is 2.86. The lowest BCUT2D eigenvalue weighted by Gasteiger charge is -2.28. The van der Waals surface area contributed by atoms with Crippen LogP contribution in [0.3, 0.4) is 0 Å². The molecule has 0 aromatic heterocycles. The molecule has 144 valence electrons. The van der Waals surface area contributed by atoms with Gasteiger partial charge in [0, 0.05) is 30.0 Å². The molecule has 0 saturated carbocycles. The second-order valence-corrected chi connectivity index (χ2v) is 8.20. The standard InChI is InChI=1S/C19H23N3O4S/c1-14-17(4-3-5-18(14)21-27(2,24)25)19(23)20-15-6-8-16(9-7-15)22-10-12-26-13-11-22/h3-9,21H,10-13H2,1-2H3,(H,20,23). The van der Waals surface area contributed by atoms with Gasteiger partial charge in [0.2, 0.25) is 10.0 Å². The van der Waals surface area contributed by atoms with Gasteiger partial charge in [-0.2, -0.15) is 0 Å². The van der Waals surface area contributed by atoms with Gasteiger partial charge in [0.05, 0.1) is 25.2 Å². The number of morpholine rings is 1. The van der Waals surface area contributed by atoms with Gasteiger partial charge in [0.25, 0.3) is 5.91 Å². The number of anilines is 3. The van der Waals surface area contributed by atoms with E-state index in [1.165, 1.54) is 0 Å². The van der Waals surface area contributed by atoms with Crippen LogP contribution in [0.4, 0.5) is 17.1 Å². The molecule has 2 aromatic rings. The van der Waals surface area contributed by atoms with Crippen molar-refractivity contribution in [3.05, 3.63) is 53.6 Å². The van der Waals surface area contributed by atoms with Gasteiger partial charge in [0.1, 0.15) is 0 Å². The number of sulfonamides is 1. The number of amides is 1. The quantitative estimate of drug-likeness (QED) is 0.820. The van der Waals surface area contributed by atoms with Crippen molar-refractivity contribution in [2.75, 3.05) is 47.5 Å². The number of nitrogens with one attached hydrogen (secondary N) is 2. The first-order chi connectivity index (χ1) is 12.8. The Morgan fingerprint density at radius 1 is 1.07 bits per heavy atom. The van der Waals surface area contributed by atoms with Gasteiger partial charge in [-0.05, 0) is 48.9 Å². The summed E-state index contributed by atoms with van der Waals surface area (Å²) < 4.78 is 30.7. The number of ether oxygens (including phenoxy) is 1. The minimum atomic E-state index is -3.41. The normalized spacial score (nSPS) is 14.7. The number of carbonyl (C=O) groups excluding carboxylic acids is 1. The molecule has 0 atom stereocenters. The Balaban J connectivity index is 1.72. The summed E-state index contributed by atoms with van der Waals surface area (Å²) >= 11 is 0. The molecule has 27 heavy (non-hydrogen) atoms. The van der Waals surface area contributed by atoms with E-state index in [1.54, 1.807) is 25.1 Å². The average Bonchev–Trinajstić information content (AvgIpc) is 2.64. The fraction of sp³-hybridized carbons (Fsp3) is 0.316. The summed E-state index contributed by atoms with van der Waals surface area (Å²) in [5.41, 5.74) is 3.16. The predicted molar refractivity (Wildman–Crippen MR) is 107 cm³/mol. The minimum Gasteiger partial charge on any atom is -0.378 e. The van der Waals surface area contributed by atoms with Crippen LogP contribution in [0.25, 0.3) is 0 Å². The molecular formula is C19H23N3O4S. The smallest absolute Gasteiger partial charge is 0.256 e. The molecule has 1 aliphatic heterocycles. The van der Waals surface area contributed by atoms with Gasteiger partial charge in [-0.25, -0.2) is 8.42 Å². The van der Waals surface area contributed by atoms with E-state index in [0.717, 1.165) is 38.2 Å². The van der Waals surface area contributed by atoms with Crippen LogP contribution in [0.2, 0.25) is 0 Å². The van der Waals surface area contributed by atoms with Crippen molar-refractivity contribution < 1.29 is 17.9 Å². The molecule has 8 heteroatoms. The minimum absolute atomic E-state index is 0.288. The monoisotopic (exact) mass is 389 g/mol. The van der Waals surface area contributed by atoms with E-state index in [-0.39, 0.29) is 5.91 Å². The fourth-order valence-electron chi connectivity index (χ4n) is 2.97. The molecule has 2 N–H and O–H groups in total. The zero-order valence-corrected chi connectivity index (χ0v) is 16.2. The van der Waals surface area contributed by atoms with E-state index < -0.39 is 10.0 Å².